The number of nitrogens with zero attached hydrogens (tertiary/aromatic N) is 4. The molecule has 0 amide bonds. The lowest BCUT2D eigenvalue weighted by molar-refractivity contribution is -0.136. The number of benzene rings is 1. The van der Waals surface area contributed by atoms with E-state index >= 15 is 0 Å². The molecule has 136 valence electrons. The van der Waals surface area contributed by atoms with E-state index in [1.165, 1.54) is 10.7 Å². The molecule has 1 fully saturated rings. The van der Waals surface area contributed by atoms with Gasteiger partial charge >= 0.3 is 5.97 Å². The Morgan fingerprint density at radius 2 is 2.22 bits per heavy atom. The van der Waals surface area contributed by atoms with Crippen molar-refractivity contribution in [3.05, 3.63) is 47.3 Å². The molecule has 2 aromatic heterocycles. The van der Waals surface area contributed by atoms with Gasteiger partial charge in [0.25, 0.3) is 0 Å². The summed E-state index contributed by atoms with van der Waals surface area (Å²) in [6.07, 6.45) is 3.68. The van der Waals surface area contributed by atoms with Crippen LogP contribution >= 0.6 is 0 Å². The summed E-state index contributed by atoms with van der Waals surface area (Å²) in [4.78, 5) is 15.3. The minimum absolute atomic E-state index is 0.0393. The molecule has 1 saturated carbocycles. The van der Waals surface area contributed by atoms with E-state index in [9.17, 15) is 10.1 Å². The van der Waals surface area contributed by atoms with E-state index in [4.69, 9.17) is 5.11 Å². The molecule has 1 aliphatic rings. The first-order valence-electron chi connectivity index (χ1n) is 8.67. The van der Waals surface area contributed by atoms with Crippen LogP contribution in [-0.4, -0.2) is 31.7 Å². The minimum atomic E-state index is -0.872. The number of aryl methyl sites for hydroxylation is 1. The lowest BCUT2D eigenvalue weighted by Gasteiger charge is -2.12. The lowest BCUT2D eigenvalue weighted by atomic mass is 10.0. The Morgan fingerprint density at radius 1 is 1.41 bits per heavy atom. The van der Waals surface area contributed by atoms with E-state index in [1.807, 2.05) is 31.2 Å². The van der Waals surface area contributed by atoms with Gasteiger partial charge in [0.05, 0.1) is 18.3 Å². The Morgan fingerprint density at radius 3 is 2.93 bits per heavy atom. The lowest BCUT2D eigenvalue weighted by Crippen LogP contribution is -2.08. The molecular formula is C19H18N6O2. The van der Waals surface area contributed by atoms with Gasteiger partial charge in [0, 0.05) is 17.8 Å². The van der Waals surface area contributed by atoms with Gasteiger partial charge in [-0.15, -0.1) is 5.10 Å². The standard InChI is InChI=1S/C19H18N6O2/c1-11-2-3-14(6-12(11)7-18(26)27)23-17-8-16(22-13-4-5-13)19-21-10-15(9-20)25(19)24-17/h2-3,6,8,10,13,22H,4-5,7H2,1H3,(H,23,24)(H,26,27). The number of nitriles is 1. The van der Waals surface area contributed by atoms with Crippen molar-refractivity contribution in [2.45, 2.75) is 32.2 Å². The first kappa shape index (κ1) is 16.8. The monoisotopic (exact) mass is 362 g/mol. The van der Waals surface area contributed by atoms with Crippen LogP contribution in [0.5, 0.6) is 0 Å². The van der Waals surface area contributed by atoms with Crippen LogP contribution in [0.15, 0.2) is 30.5 Å². The van der Waals surface area contributed by atoms with Crippen LogP contribution in [0.2, 0.25) is 0 Å². The third-order valence-electron chi connectivity index (χ3n) is 4.48. The highest BCUT2D eigenvalue weighted by molar-refractivity contribution is 5.75. The number of rotatable bonds is 6. The second-order valence-corrected chi connectivity index (χ2v) is 6.69. The number of nitrogens with one attached hydrogen (secondary N) is 2. The summed E-state index contributed by atoms with van der Waals surface area (Å²) in [5.74, 6) is -0.326. The maximum Gasteiger partial charge on any atom is 0.307 e. The summed E-state index contributed by atoms with van der Waals surface area (Å²) in [6.45, 7) is 1.88. The average molecular weight is 362 g/mol. The maximum atomic E-state index is 11.0. The Kier molecular flexibility index (Phi) is 4.12. The Hall–Kier alpha value is -3.60. The number of carboxylic acid groups (broad SMARTS) is 1. The van der Waals surface area contributed by atoms with Gasteiger partial charge in [0.15, 0.2) is 17.2 Å². The number of hydrogen-bond donors (Lipinski definition) is 3. The molecule has 0 saturated heterocycles. The molecule has 0 spiro atoms. The first-order valence-corrected chi connectivity index (χ1v) is 8.67. The first-order chi connectivity index (χ1) is 13.0. The normalized spacial score (nSPS) is 13.3. The maximum absolute atomic E-state index is 11.0. The van der Waals surface area contributed by atoms with Crippen molar-refractivity contribution in [3.8, 4) is 6.07 Å². The Labute approximate surface area is 155 Å². The van der Waals surface area contributed by atoms with Crippen LogP contribution in [0.3, 0.4) is 0 Å². The van der Waals surface area contributed by atoms with Crippen LogP contribution in [-0.2, 0) is 11.2 Å². The number of anilines is 3. The third-order valence-corrected chi connectivity index (χ3v) is 4.48. The van der Waals surface area contributed by atoms with Gasteiger partial charge in [-0.2, -0.15) is 9.78 Å². The number of carbonyl (C=O) groups is 1. The summed E-state index contributed by atoms with van der Waals surface area (Å²) in [6, 6.07) is 9.93. The number of aliphatic carboxylic acids is 1. The van der Waals surface area contributed by atoms with Crippen molar-refractivity contribution < 1.29 is 9.90 Å². The van der Waals surface area contributed by atoms with Gasteiger partial charge < -0.3 is 15.7 Å². The number of fused-ring (bicyclic) bond motifs is 1. The summed E-state index contributed by atoms with van der Waals surface area (Å²) >= 11 is 0. The van der Waals surface area contributed by atoms with Crippen molar-refractivity contribution in [1.82, 2.24) is 14.6 Å². The van der Waals surface area contributed by atoms with E-state index in [2.05, 4.69) is 26.8 Å². The molecule has 1 aliphatic carbocycles. The largest absolute Gasteiger partial charge is 0.481 e. The SMILES string of the molecule is Cc1ccc(Nc2cc(NC3CC3)c3ncc(C#N)n3n2)cc1CC(=O)O. The van der Waals surface area contributed by atoms with Crippen molar-refractivity contribution >= 4 is 28.8 Å². The third kappa shape index (κ3) is 3.53. The van der Waals surface area contributed by atoms with E-state index in [1.54, 1.807) is 0 Å². The summed E-state index contributed by atoms with van der Waals surface area (Å²) < 4.78 is 1.51. The molecule has 2 heterocycles. The predicted molar refractivity (Wildman–Crippen MR) is 100 cm³/mol. The molecule has 1 aromatic carbocycles. The van der Waals surface area contributed by atoms with Crippen molar-refractivity contribution in [2.24, 2.45) is 0 Å². The van der Waals surface area contributed by atoms with Crippen LogP contribution in [0, 0.1) is 18.3 Å². The van der Waals surface area contributed by atoms with Crippen LogP contribution in [0.25, 0.3) is 5.65 Å². The van der Waals surface area contributed by atoms with Crippen LogP contribution in [0.1, 0.15) is 29.7 Å². The predicted octanol–water partition coefficient (Wildman–Crippen LogP) is 2.85. The molecule has 0 radical (unpaired) electrons. The molecular weight excluding hydrogens is 344 g/mol. The van der Waals surface area contributed by atoms with Gasteiger partial charge in [-0.1, -0.05) is 6.07 Å². The number of imidazole rings is 1. The van der Waals surface area contributed by atoms with E-state index in [0.717, 1.165) is 35.3 Å². The van der Waals surface area contributed by atoms with E-state index in [-0.39, 0.29) is 6.42 Å². The fraction of sp³-hybridized carbons (Fsp3) is 0.263. The molecule has 0 bridgehead atoms. The average Bonchev–Trinajstić information content (AvgIpc) is 3.34. The second kappa shape index (κ2) is 6.61. The van der Waals surface area contributed by atoms with Gasteiger partial charge in [0.1, 0.15) is 6.07 Å². The molecule has 0 unspecified atom stereocenters. The van der Waals surface area contributed by atoms with Gasteiger partial charge in [-0.3, -0.25) is 4.79 Å². The fourth-order valence-corrected chi connectivity index (χ4v) is 2.91. The van der Waals surface area contributed by atoms with Gasteiger partial charge in [-0.25, -0.2) is 4.98 Å². The van der Waals surface area contributed by atoms with Crippen molar-refractivity contribution in [3.63, 3.8) is 0 Å². The highest BCUT2D eigenvalue weighted by Gasteiger charge is 2.23. The van der Waals surface area contributed by atoms with E-state index < -0.39 is 5.97 Å². The highest BCUT2D eigenvalue weighted by atomic mass is 16.4. The zero-order chi connectivity index (χ0) is 19.0. The zero-order valence-electron chi connectivity index (χ0n) is 14.7. The summed E-state index contributed by atoms with van der Waals surface area (Å²) in [5, 5.41) is 29.5. The Balaban J connectivity index is 1.71. The molecule has 3 aromatic rings. The number of hydrogen-bond acceptors (Lipinski definition) is 6. The van der Waals surface area contributed by atoms with Gasteiger partial charge in [0.2, 0.25) is 0 Å². The number of carboxylic acids is 1. The minimum Gasteiger partial charge on any atom is -0.481 e. The zero-order valence-corrected chi connectivity index (χ0v) is 14.7. The summed E-state index contributed by atoms with van der Waals surface area (Å²) in [7, 11) is 0. The molecule has 4 rings (SSSR count). The molecule has 0 aliphatic heterocycles. The van der Waals surface area contributed by atoms with Crippen LogP contribution in [0.4, 0.5) is 17.2 Å². The quantitative estimate of drug-likeness (QED) is 0.617. The summed E-state index contributed by atoms with van der Waals surface area (Å²) in [5.41, 5.74) is 4.17. The molecule has 8 nitrogen and oxygen atoms in total. The smallest absolute Gasteiger partial charge is 0.307 e. The fourth-order valence-electron chi connectivity index (χ4n) is 2.91. The van der Waals surface area contributed by atoms with Crippen LogP contribution < -0.4 is 10.6 Å². The van der Waals surface area contributed by atoms with E-state index in [0.29, 0.717) is 23.2 Å². The Bertz CT molecular complexity index is 1080. The molecule has 3 N–H and O–H groups in total. The number of aromatic nitrogens is 3. The molecule has 27 heavy (non-hydrogen) atoms. The van der Waals surface area contributed by atoms with Crippen molar-refractivity contribution in [1.29, 1.82) is 5.26 Å². The van der Waals surface area contributed by atoms with Gasteiger partial charge in [-0.05, 0) is 43.0 Å². The topological polar surface area (TPSA) is 115 Å². The highest BCUT2D eigenvalue weighted by Crippen LogP contribution is 2.29. The van der Waals surface area contributed by atoms with Crippen molar-refractivity contribution in [2.75, 3.05) is 10.6 Å². The second-order valence-electron chi connectivity index (χ2n) is 6.69. The molecule has 0 atom stereocenters. The molecule has 8 heteroatoms.